The summed E-state index contributed by atoms with van der Waals surface area (Å²) in [5, 5.41) is 2.71. The fraction of sp³-hybridized carbons (Fsp3) is 0.464. The van der Waals surface area contributed by atoms with Crippen LogP contribution in [0, 0.1) is 12.3 Å². The maximum Gasteiger partial charge on any atom is 0.278 e. The Labute approximate surface area is 237 Å². The van der Waals surface area contributed by atoms with Crippen LogP contribution in [0.5, 0.6) is 5.75 Å². The van der Waals surface area contributed by atoms with Crippen LogP contribution in [0.2, 0.25) is 0 Å². The van der Waals surface area contributed by atoms with Crippen molar-refractivity contribution in [2.24, 2.45) is 5.41 Å². The Morgan fingerprint density at radius 3 is 2.54 bits per heavy atom. The van der Waals surface area contributed by atoms with Crippen molar-refractivity contribution in [1.29, 1.82) is 0 Å². The number of allylic oxidation sites excluding steroid dienone is 1. The Morgan fingerprint density at radius 2 is 1.92 bits per heavy atom. The van der Waals surface area contributed by atoms with Gasteiger partial charge in [0, 0.05) is 33.8 Å². The lowest BCUT2D eigenvalue weighted by molar-refractivity contribution is -0.144. The number of ether oxygens (including phenoxy) is 2. The van der Waals surface area contributed by atoms with Gasteiger partial charge in [-0.3, -0.25) is 9.59 Å². The summed E-state index contributed by atoms with van der Waals surface area (Å²) in [6, 6.07) is 8.23. The topological polar surface area (TPSA) is 124 Å². The third kappa shape index (κ3) is 5.76. The molecular formula is C28H34BrN3O6S. The number of benzene rings is 1. The Balaban J connectivity index is 1.83. The Kier molecular flexibility index (Phi) is 7.50. The molecule has 0 bridgehead atoms. The first-order valence-corrected chi connectivity index (χ1v) is 14.9. The molecule has 2 N–H and O–H groups in total. The van der Waals surface area contributed by atoms with Gasteiger partial charge in [-0.25, -0.2) is 18.1 Å². The van der Waals surface area contributed by atoms with Gasteiger partial charge >= 0.3 is 0 Å². The number of nitrogens with zero attached hydrogens (tertiary/aromatic N) is 1. The molecule has 1 amide bonds. The van der Waals surface area contributed by atoms with Crippen molar-refractivity contribution in [1.82, 2.24) is 9.71 Å². The van der Waals surface area contributed by atoms with Gasteiger partial charge in [0.15, 0.2) is 0 Å². The first-order chi connectivity index (χ1) is 18.0. The molecule has 2 atom stereocenters. The number of rotatable bonds is 7. The first-order valence-electron chi connectivity index (χ1n) is 12.6. The predicted octanol–water partition coefficient (Wildman–Crippen LogP) is 5.00. The molecule has 39 heavy (non-hydrogen) atoms. The van der Waals surface area contributed by atoms with E-state index in [4.69, 9.17) is 9.47 Å². The van der Waals surface area contributed by atoms with Crippen molar-refractivity contribution in [3.05, 3.63) is 57.9 Å². The molecule has 4 rings (SSSR count). The number of halogens is 1. The number of nitrogens with one attached hydrogen (secondary N) is 2. The van der Waals surface area contributed by atoms with E-state index in [1.54, 1.807) is 31.2 Å². The van der Waals surface area contributed by atoms with E-state index in [1.807, 2.05) is 34.6 Å². The van der Waals surface area contributed by atoms with E-state index < -0.39 is 38.8 Å². The molecule has 0 unspecified atom stereocenters. The number of sulfonamides is 1. The largest absolute Gasteiger partial charge is 0.501 e. The summed E-state index contributed by atoms with van der Waals surface area (Å²) in [4.78, 5) is 31.6. The normalized spacial score (nSPS) is 21.0. The van der Waals surface area contributed by atoms with Gasteiger partial charge in [0.25, 0.3) is 11.5 Å². The Bertz CT molecular complexity index is 1480. The lowest BCUT2D eigenvalue weighted by atomic mass is 9.74. The monoisotopic (exact) mass is 619 g/mol. The number of fused-ring (bicyclic) bond motifs is 3. The van der Waals surface area contributed by atoms with Gasteiger partial charge in [-0.05, 0) is 56.9 Å². The van der Waals surface area contributed by atoms with Crippen LogP contribution < -0.4 is 14.8 Å². The SMILES string of the molecule is COC1=CC(=O)[C@@]2(C(=O)Nc3cccc(C)n3)Oc3c(cc(Br)cc3S(=O)(=O)NC(C)(C)CC(C)(C)C)[C@@H]2C1. The van der Waals surface area contributed by atoms with Crippen LogP contribution >= 0.6 is 15.9 Å². The lowest BCUT2D eigenvalue weighted by Crippen LogP contribution is -2.57. The highest BCUT2D eigenvalue weighted by Gasteiger charge is 2.62. The van der Waals surface area contributed by atoms with Gasteiger partial charge < -0.3 is 14.8 Å². The van der Waals surface area contributed by atoms with E-state index in [2.05, 4.69) is 31.0 Å². The maximum absolute atomic E-state index is 13.8. The zero-order valence-corrected chi connectivity index (χ0v) is 25.5. The molecule has 2 aliphatic rings. The number of aromatic nitrogens is 1. The van der Waals surface area contributed by atoms with E-state index in [0.29, 0.717) is 27.9 Å². The second kappa shape index (κ2) is 10.0. The molecular weight excluding hydrogens is 586 g/mol. The first kappa shape index (κ1) is 29.2. The number of hydrogen-bond donors (Lipinski definition) is 2. The Hall–Kier alpha value is -2.76. The minimum absolute atomic E-state index is 0.0336. The van der Waals surface area contributed by atoms with Crippen molar-refractivity contribution in [2.75, 3.05) is 12.4 Å². The zero-order chi connectivity index (χ0) is 29.0. The quantitative estimate of drug-likeness (QED) is 0.418. The zero-order valence-electron chi connectivity index (χ0n) is 23.1. The van der Waals surface area contributed by atoms with E-state index in [9.17, 15) is 18.0 Å². The highest BCUT2D eigenvalue weighted by molar-refractivity contribution is 9.10. The molecule has 1 aliphatic heterocycles. The molecule has 1 aromatic carbocycles. The molecule has 0 fully saturated rings. The van der Waals surface area contributed by atoms with Crippen molar-refractivity contribution >= 4 is 43.5 Å². The molecule has 210 valence electrons. The average Bonchev–Trinajstić information content (AvgIpc) is 3.11. The van der Waals surface area contributed by atoms with Crippen molar-refractivity contribution < 1.29 is 27.5 Å². The molecule has 0 radical (unpaired) electrons. The minimum Gasteiger partial charge on any atom is -0.501 e. The number of anilines is 1. The minimum atomic E-state index is -4.14. The van der Waals surface area contributed by atoms with Crippen LogP contribution in [0.3, 0.4) is 0 Å². The van der Waals surface area contributed by atoms with Crippen molar-refractivity contribution in [3.63, 3.8) is 0 Å². The van der Waals surface area contributed by atoms with E-state index in [0.717, 1.165) is 0 Å². The lowest BCUT2D eigenvalue weighted by Gasteiger charge is -2.34. The van der Waals surface area contributed by atoms with E-state index >= 15 is 0 Å². The van der Waals surface area contributed by atoms with Crippen LogP contribution in [-0.4, -0.2) is 43.3 Å². The highest BCUT2D eigenvalue weighted by Crippen LogP contribution is 2.54. The summed E-state index contributed by atoms with van der Waals surface area (Å²) < 4.78 is 42.5. The Morgan fingerprint density at radius 1 is 1.23 bits per heavy atom. The number of hydrogen-bond acceptors (Lipinski definition) is 7. The van der Waals surface area contributed by atoms with E-state index in [1.165, 1.54) is 19.3 Å². The summed E-state index contributed by atoms with van der Waals surface area (Å²) in [6.07, 6.45) is 1.96. The number of amides is 1. The maximum atomic E-state index is 13.8. The third-order valence-electron chi connectivity index (χ3n) is 6.64. The molecule has 2 aromatic rings. The van der Waals surface area contributed by atoms with Gasteiger partial charge in [-0.2, -0.15) is 0 Å². The van der Waals surface area contributed by atoms with Gasteiger partial charge in [-0.1, -0.05) is 42.8 Å². The summed E-state index contributed by atoms with van der Waals surface area (Å²) >= 11 is 3.43. The smallest absolute Gasteiger partial charge is 0.278 e. The number of carbonyl (C=O) groups is 2. The van der Waals surface area contributed by atoms with Crippen LogP contribution in [0.25, 0.3) is 0 Å². The number of aryl methyl sites for hydroxylation is 1. The summed E-state index contributed by atoms with van der Waals surface area (Å²) in [7, 11) is -2.70. The molecule has 0 saturated carbocycles. The number of methoxy groups -OCH3 is 1. The van der Waals surface area contributed by atoms with Crippen molar-refractivity contribution in [3.8, 4) is 5.75 Å². The second-order valence-corrected chi connectivity index (χ2v) is 14.5. The summed E-state index contributed by atoms with van der Waals surface area (Å²) in [5.41, 5.74) is -1.87. The molecule has 1 aromatic heterocycles. The van der Waals surface area contributed by atoms with Gasteiger partial charge in [-0.15, -0.1) is 0 Å². The molecule has 0 spiro atoms. The standard InChI is InChI=1S/C28H34BrN3O6S/c1-16-9-8-10-23(30-16)31-25(34)28-20(13-18(37-7)14-22(28)33)19-11-17(29)12-21(24(19)38-28)39(35,36)32-27(5,6)15-26(2,3)4/h8-12,14,20,32H,13,15H2,1-7H3,(H,30,31,34)/t20-,28-/m0/s1. The molecule has 2 heterocycles. The van der Waals surface area contributed by atoms with Crippen LogP contribution in [0.1, 0.15) is 64.6 Å². The predicted molar refractivity (Wildman–Crippen MR) is 151 cm³/mol. The van der Waals surface area contributed by atoms with Crippen LogP contribution in [-0.2, 0) is 24.3 Å². The highest BCUT2D eigenvalue weighted by atomic mass is 79.9. The molecule has 1 aliphatic carbocycles. The molecule has 0 saturated heterocycles. The van der Waals surface area contributed by atoms with E-state index in [-0.39, 0.29) is 28.3 Å². The van der Waals surface area contributed by atoms with Crippen molar-refractivity contribution in [2.45, 2.75) is 76.3 Å². The number of pyridine rings is 1. The number of ketones is 1. The fourth-order valence-corrected chi connectivity index (χ4v) is 7.88. The molecule has 11 heteroatoms. The average molecular weight is 621 g/mol. The van der Waals surface area contributed by atoms with Gasteiger partial charge in [0.1, 0.15) is 22.2 Å². The van der Waals surface area contributed by atoms with Crippen LogP contribution in [0.15, 0.2) is 51.5 Å². The van der Waals surface area contributed by atoms with Gasteiger partial charge in [0.05, 0.1) is 13.0 Å². The fourth-order valence-electron chi connectivity index (χ4n) is 5.66. The second-order valence-electron chi connectivity index (χ2n) is 11.9. The number of carbonyl (C=O) groups excluding carboxylic acids is 2. The third-order valence-corrected chi connectivity index (χ3v) is 8.80. The van der Waals surface area contributed by atoms with Gasteiger partial charge in [0.2, 0.25) is 15.8 Å². The molecule has 9 nitrogen and oxygen atoms in total. The summed E-state index contributed by atoms with van der Waals surface area (Å²) in [6.45, 7) is 11.5. The summed E-state index contributed by atoms with van der Waals surface area (Å²) in [5.74, 6) is -1.63. The van der Waals surface area contributed by atoms with Crippen LogP contribution in [0.4, 0.5) is 5.82 Å².